The first kappa shape index (κ1) is 28.0. The lowest BCUT2D eigenvalue weighted by molar-refractivity contribution is -0.134. The van der Waals surface area contributed by atoms with Crippen molar-refractivity contribution in [3.8, 4) is 0 Å². The molecule has 1 aromatic heterocycles. The molecule has 3 N–H and O–H groups in total. The number of pyridine rings is 1. The van der Waals surface area contributed by atoms with Crippen LogP contribution in [0, 0.1) is 5.92 Å². The summed E-state index contributed by atoms with van der Waals surface area (Å²) in [5.41, 5.74) is 8.08. The molecule has 3 rings (SSSR count). The summed E-state index contributed by atoms with van der Waals surface area (Å²) in [4.78, 5) is 23.0. The van der Waals surface area contributed by atoms with Crippen LogP contribution in [0.2, 0.25) is 0 Å². The van der Waals surface area contributed by atoms with Gasteiger partial charge in [-0.1, -0.05) is 6.07 Å². The van der Waals surface area contributed by atoms with E-state index in [0.29, 0.717) is 17.4 Å². The normalized spacial score (nSPS) is 21.7. The average Bonchev–Trinajstić information content (AvgIpc) is 3.06. The van der Waals surface area contributed by atoms with Gasteiger partial charge in [-0.05, 0) is 69.0 Å². The summed E-state index contributed by atoms with van der Waals surface area (Å²) in [6.07, 6.45) is 4.57. The summed E-state index contributed by atoms with van der Waals surface area (Å²) in [5, 5.41) is 3.05. The van der Waals surface area contributed by atoms with E-state index in [1.807, 2.05) is 6.07 Å². The number of aryl methyl sites for hydroxylation is 1. The SMILES string of the molecule is CN=CC(=CN)OCC(=O)NC1CCC(CCN2CCc3ccc(CCC(F)(F)F)nc3CC2)CC1. The predicted molar refractivity (Wildman–Crippen MR) is 134 cm³/mol. The third kappa shape index (κ3) is 9.44. The fraction of sp³-hybridized carbons (Fsp3) is 0.654. The highest BCUT2D eigenvalue weighted by Gasteiger charge is 2.27. The molecule has 1 amide bonds. The molecule has 1 aromatic rings. The third-order valence-electron chi connectivity index (χ3n) is 7.01. The Hall–Kier alpha value is -2.62. The van der Waals surface area contributed by atoms with Crippen molar-refractivity contribution in [3.05, 3.63) is 41.0 Å². The number of nitrogens with one attached hydrogen (secondary N) is 1. The highest BCUT2D eigenvalue weighted by molar-refractivity contribution is 5.80. The molecule has 2 heterocycles. The minimum absolute atomic E-state index is 0.0594. The summed E-state index contributed by atoms with van der Waals surface area (Å²) in [5.74, 6) is 0.854. The molecular formula is C26H38F3N5O2. The maximum atomic E-state index is 12.5. The number of allylic oxidation sites excluding steroid dienone is 1. The van der Waals surface area contributed by atoms with Crippen molar-refractivity contribution in [2.75, 3.05) is 33.3 Å². The van der Waals surface area contributed by atoms with Crippen LogP contribution in [0.15, 0.2) is 29.1 Å². The van der Waals surface area contributed by atoms with Gasteiger partial charge in [-0.15, -0.1) is 0 Å². The van der Waals surface area contributed by atoms with Crippen molar-refractivity contribution >= 4 is 12.1 Å². The van der Waals surface area contributed by atoms with Crippen molar-refractivity contribution in [1.29, 1.82) is 0 Å². The number of ether oxygens (including phenoxy) is 1. The van der Waals surface area contributed by atoms with E-state index in [1.165, 1.54) is 12.4 Å². The van der Waals surface area contributed by atoms with Gasteiger partial charge < -0.3 is 20.7 Å². The number of aromatic nitrogens is 1. The summed E-state index contributed by atoms with van der Waals surface area (Å²) in [7, 11) is 1.61. The van der Waals surface area contributed by atoms with Gasteiger partial charge in [0.2, 0.25) is 0 Å². The maximum Gasteiger partial charge on any atom is 0.389 e. The Bertz CT molecular complexity index is 911. The number of rotatable bonds is 10. The summed E-state index contributed by atoms with van der Waals surface area (Å²) in [6, 6.07) is 3.88. The Morgan fingerprint density at radius 1 is 1.25 bits per heavy atom. The van der Waals surface area contributed by atoms with Crippen LogP contribution in [0.5, 0.6) is 0 Å². The van der Waals surface area contributed by atoms with Gasteiger partial charge in [-0.2, -0.15) is 13.2 Å². The van der Waals surface area contributed by atoms with E-state index in [9.17, 15) is 18.0 Å². The highest BCUT2D eigenvalue weighted by Crippen LogP contribution is 2.28. The van der Waals surface area contributed by atoms with Crippen LogP contribution in [0.3, 0.4) is 0 Å². The first-order chi connectivity index (χ1) is 17.3. The van der Waals surface area contributed by atoms with Crippen molar-refractivity contribution in [1.82, 2.24) is 15.2 Å². The van der Waals surface area contributed by atoms with Gasteiger partial charge in [0.1, 0.15) is 0 Å². The molecule has 0 saturated heterocycles. The third-order valence-corrected chi connectivity index (χ3v) is 7.01. The quantitative estimate of drug-likeness (QED) is 0.372. The number of carbonyl (C=O) groups is 1. The van der Waals surface area contributed by atoms with Crippen LogP contribution in [0.1, 0.15) is 55.5 Å². The lowest BCUT2D eigenvalue weighted by Gasteiger charge is -2.30. The van der Waals surface area contributed by atoms with Crippen molar-refractivity contribution in [3.63, 3.8) is 0 Å². The van der Waals surface area contributed by atoms with E-state index in [1.54, 1.807) is 13.1 Å². The van der Waals surface area contributed by atoms with Gasteiger partial charge in [-0.25, -0.2) is 0 Å². The van der Waals surface area contributed by atoms with Crippen LogP contribution in [-0.2, 0) is 28.8 Å². The molecule has 7 nitrogen and oxygen atoms in total. The van der Waals surface area contributed by atoms with E-state index in [2.05, 4.69) is 20.2 Å². The number of amides is 1. The molecule has 1 aliphatic heterocycles. The molecule has 2 aliphatic rings. The number of hydrogen-bond donors (Lipinski definition) is 2. The lowest BCUT2D eigenvalue weighted by atomic mass is 9.84. The minimum Gasteiger partial charge on any atom is -0.481 e. The fourth-order valence-electron chi connectivity index (χ4n) is 4.94. The number of halogens is 3. The average molecular weight is 510 g/mol. The molecule has 0 radical (unpaired) electrons. The van der Waals surface area contributed by atoms with Crippen molar-refractivity contribution < 1.29 is 22.7 Å². The number of nitrogens with two attached hydrogens (primary N) is 1. The monoisotopic (exact) mass is 509 g/mol. The van der Waals surface area contributed by atoms with Crippen molar-refractivity contribution in [2.24, 2.45) is 16.6 Å². The van der Waals surface area contributed by atoms with Crippen LogP contribution in [0.4, 0.5) is 13.2 Å². The van der Waals surface area contributed by atoms with Gasteiger partial charge >= 0.3 is 6.18 Å². The predicted octanol–water partition coefficient (Wildman–Crippen LogP) is 3.56. The molecule has 1 fully saturated rings. The van der Waals surface area contributed by atoms with Gasteiger partial charge in [0, 0.05) is 56.6 Å². The maximum absolute atomic E-state index is 12.5. The second-order valence-corrected chi connectivity index (χ2v) is 9.68. The van der Waals surface area contributed by atoms with E-state index in [-0.39, 0.29) is 25.0 Å². The van der Waals surface area contributed by atoms with E-state index in [4.69, 9.17) is 10.5 Å². The number of fused-ring (bicyclic) bond motifs is 1. The smallest absolute Gasteiger partial charge is 0.389 e. The molecule has 0 bridgehead atoms. The number of carbonyl (C=O) groups excluding carboxylic acids is 1. The Labute approximate surface area is 211 Å². The van der Waals surface area contributed by atoms with Crippen LogP contribution < -0.4 is 11.1 Å². The topological polar surface area (TPSA) is 92.8 Å². The van der Waals surface area contributed by atoms with E-state index < -0.39 is 12.6 Å². The minimum atomic E-state index is -4.15. The van der Waals surface area contributed by atoms with Gasteiger partial charge in [0.25, 0.3) is 5.91 Å². The van der Waals surface area contributed by atoms with Crippen LogP contribution >= 0.6 is 0 Å². The van der Waals surface area contributed by atoms with E-state index in [0.717, 1.165) is 75.8 Å². The van der Waals surface area contributed by atoms with Crippen molar-refractivity contribution in [2.45, 2.75) is 70.0 Å². The van der Waals surface area contributed by atoms with Crippen LogP contribution in [-0.4, -0.2) is 67.5 Å². The molecule has 1 saturated carbocycles. The van der Waals surface area contributed by atoms with Crippen LogP contribution in [0.25, 0.3) is 0 Å². The molecule has 1 aliphatic carbocycles. The van der Waals surface area contributed by atoms with Gasteiger partial charge in [0.05, 0.1) is 6.21 Å². The molecule has 0 spiro atoms. The number of nitrogens with zero attached hydrogens (tertiary/aromatic N) is 3. The zero-order valence-electron chi connectivity index (χ0n) is 21.0. The van der Waals surface area contributed by atoms with E-state index >= 15 is 0 Å². The zero-order chi connectivity index (χ0) is 26.0. The molecule has 10 heteroatoms. The second-order valence-electron chi connectivity index (χ2n) is 9.68. The fourth-order valence-corrected chi connectivity index (χ4v) is 4.94. The number of hydrogen-bond acceptors (Lipinski definition) is 6. The molecule has 36 heavy (non-hydrogen) atoms. The molecule has 0 aromatic carbocycles. The number of alkyl halides is 3. The summed E-state index contributed by atoms with van der Waals surface area (Å²) in [6.45, 7) is 2.77. The molecule has 200 valence electrons. The molecule has 0 unspecified atom stereocenters. The lowest BCUT2D eigenvalue weighted by Crippen LogP contribution is -2.40. The first-order valence-corrected chi connectivity index (χ1v) is 12.8. The van der Waals surface area contributed by atoms with Gasteiger partial charge in [-0.3, -0.25) is 14.8 Å². The standard InChI is InChI=1S/C26H38F3N5O2/c1-31-17-23(16-30)36-18-25(35)33-21-5-2-19(3-6-21)9-13-34-14-10-20-4-7-22(8-12-26(27,28)29)32-24(20)11-15-34/h4,7,16-17,19,21H,2-3,5-6,8-15,18,30H2,1H3,(H,33,35). The summed E-state index contributed by atoms with van der Waals surface area (Å²) < 4.78 is 43.0. The number of aliphatic imine (C=N–C) groups is 1. The Morgan fingerprint density at radius 2 is 2.00 bits per heavy atom. The Kier molecular flexibility index (Phi) is 10.6. The Morgan fingerprint density at radius 3 is 2.69 bits per heavy atom. The summed E-state index contributed by atoms with van der Waals surface area (Å²) >= 11 is 0. The first-order valence-electron chi connectivity index (χ1n) is 12.8. The largest absolute Gasteiger partial charge is 0.481 e. The Balaban J connectivity index is 1.35. The van der Waals surface area contributed by atoms with Gasteiger partial charge in [0.15, 0.2) is 12.4 Å². The second kappa shape index (κ2) is 13.6. The highest BCUT2D eigenvalue weighted by atomic mass is 19.4. The molecule has 0 atom stereocenters. The molecular weight excluding hydrogens is 471 g/mol. The zero-order valence-corrected chi connectivity index (χ0v) is 21.0.